The van der Waals surface area contributed by atoms with E-state index in [1.807, 2.05) is 0 Å². The van der Waals surface area contributed by atoms with Gasteiger partial charge in [0.1, 0.15) is 5.60 Å². The second kappa shape index (κ2) is 3.84. The number of rotatable bonds is 2. The monoisotopic (exact) mass is 218 g/mol. The molecule has 0 unspecified atom stereocenters. The van der Waals surface area contributed by atoms with Crippen molar-refractivity contribution in [3.05, 3.63) is 11.2 Å². The molecule has 0 amide bonds. The number of methoxy groups -OCH3 is 1. The maximum absolute atomic E-state index is 5.57. The van der Waals surface area contributed by atoms with Gasteiger partial charge in [-0.1, -0.05) is 5.10 Å². The van der Waals surface area contributed by atoms with Crippen LogP contribution >= 0.6 is 11.6 Å². The third-order valence-electron chi connectivity index (χ3n) is 2.48. The lowest BCUT2D eigenvalue weighted by atomic mass is 9.94. The summed E-state index contributed by atoms with van der Waals surface area (Å²) in [5, 5.41) is 7.51. The first-order valence-corrected chi connectivity index (χ1v) is 4.77. The van der Waals surface area contributed by atoms with Crippen LogP contribution in [0.4, 0.5) is 0 Å². The third-order valence-corrected chi connectivity index (χ3v) is 2.63. The molecule has 0 N–H and O–H groups in total. The van der Waals surface area contributed by atoms with Crippen LogP contribution in [0.2, 0.25) is 5.35 Å². The molecule has 0 aliphatic carbocycles. The molecule has 0 atom stereocenters. The minimum Gasteiger partial charge on any atom is -0.409 e. The Morgan fingerprint density at radius 1 is 1.36 bits per heavy atom. The molecule has 5 nitrogen and oxygen atoms in total. The molecule has 78 valence electrons. The van der Waals surface area contributed by atoms with E-state index in [9.17, 15) is 0 Å². The molecule has 6 heteroatoms. The van der Waals surface area contributed by atoms with Crippen LogP contribution in [-0.4, -0.2) is 30.5 Å². The smallest absolute Gasteiger partial charge is 0.312 e. The van der Waals surface area contributed by atoms with Gasteiger partial charge < -0.3 is 13.9 Å². The topological polar surface area (TPSA) is 57.4 Å². The van der Waals surface area contributed by atoms with Gasteiger partial charge in [-0.25, -0.2) is 0 Å². The fourth-order valence-corrected chi connectivity index (χ4v) is 1.71. The van der Waals surface area contributed by atoms with Crippen LogP contribution in [-0.2, 0) is 15.1 Å². The van der Waals surface area contributed by atoms with E-state index >= 15 is 0 Å². The van der Waals surface area contributed by atoms with Crippen LogP contribution in [0.25, 0.3) is 0 Å². The molecule has 1 aromatic rings. The molecule has 1 aromatic heterocycles. The first-order chi connectivity index (χ1) is 6.77. The van der Waals surface area contributed by atoms with E-state index in [1.54, 1.807) is 7.11 Å². The van der Waals surface area contributed by atoms with Crippen LogP contribution in [0, 0.1) is 0 Å². The summed E-state index contributed by atoms with van der Waals surface area (Å²) < 4.78 is 15.9. The Labute approximate surface area is 86.3 Å². The van der Waals surface area contributed by atoms with Crippen molar-refractivity contribution in [2.45, 2.75) is 18.4 Å². The summed E-state index contributed by atoms with van der Waals surface area (Å²) in [6, 6.07) is 0. The third kappa shape index (κ3) is 1.63. The highest BCUT2D eigenvalue weighted by atomic mass is 35.5. The van der Waals surface area contributed by atoms with Gasteiger partial charge in [-0.15, -0.1) is 5.10 Å². The molecule has 1 aliphatic rings. The lowest BCUT2D eigenvalue weighted by molar-refractivity contribution is -0.109. The Kier molecular flexibility index (Phi) is 2.71. The van der Waals surface area contributed by atoms with E-state index in [1.165, 1.54) is 0 Å². The van der Waals surface area contributed by atoms with Crippen molar-refractivity contribution in [3.63, 3.8) is 0 Å². The zero-order valence-corrected chi connectivity index (χ0v) is 8.58. The van der Waals surface area contributed by atoms with E-state index in [0.29, 0.717) is 31.9 Å². The summed E-state index contributed by atoms with van der Waals surface area (Å²) in [4.78, 5) is 0. The quantitative estimate of drug-likeness (QED) is 0.751. The van der Waals surface area contributed by atoms with Gasteiger partial charge in [-0.05, 0) is 11.6 Å². The molecule has 2 heterocycles. The van der Waals surface area contributed by atoms with Crippen molar-refractivity contribution in [1.82, 2.24) is 10.2 Å². The minimum absolute atomic E-state index is 0.0444. The van der Waals surface area contributed by atoms with Gasteiger partial charge in [-0.3, -0.25) is 0 Å². The Hall–Kier alpha value is -0.650. The highest BCUT2D eigenvalue weighted by molar-refractivity contribution is 6.27. The number of nitrogens with zero attached hydrogens (tertiary/aromatic N) is 2. The van der Waals surface area contributed by atoms with Gasteiger partial charge in [0, 0.05) is 33.2 Å². The van der Waals surface area contributed by atoms with Crippen molar-refractivity contribution >= 4 is 11.6 Å². The predicted octanol–water partition coefficient (Wildman–Crippen LogP) is 1.38. The van der Waals surface area contributed by atoms with E-state index in [2.05, 4.69) is 10.2 Å². The standard InChI is InChI=1S/C8H11ClN2O3/c1-12-8(2-4-13-5-3-8)6-10-11-7(9)14-6/h2-5H2,1H3. The fourth-order valence-electron chi connectivity index (χ4n) is 1.60. The van der Waals surface area contributed by atoms with Gasteiger partial charge in [0.15, 0.2) is 0 Å². The number of hydrogen-bond donors (Lipinski definition) is 0. The van der Waals surface area contributed by atoms with E-state index in [4.69, 9.17) is 25.5 Å². The number of aromatic nitrogens is 2. The van der Waals surface area contributed by atoms with Crippen molar-refractivity contribution in [2.75, 3.05) is 20.3 Å². The van der Waals surface area contributed by atoms with Gasteiger partial charge in [0.25, 0.3) is 0 Å². The molecular formula is C8H11ClN2O3. The normalized spacial score (nSPS) is 21.0. The first kappa shape index (κ1) is 9.89. The Balaban J connectivity index is 2.26. The van der Waals surface area contributed by atoms with E-state index in [-0.39, 0.29) is 5.35 Å². The Morgan fingerprint density at radius 2 is 2.07 bits per heavy atom. The molecule has 0 spiro atoms. The molecule has 0 radical (unpaired) electrons. The van der Waals surface area contributed by atoms with E-state index < -0.39 is 5.60 Å². The first-order valence-electron chi connectivity index (χ1n) is 4.39. The zero-order chi connectivity index (χ0) is 10.0. The summed E-state index contributed by atoms with van der Waals surface area (Å²) in [6.07, 6.45) is 1.42. The molecule has 1 fully saturated rings. The van der Waals surface area contributed by atoms with Crippen molar-refractivity contribution < 1.29 is 13.9 Å². The van der Waals surface area contributed by atoms with Crippen LogP contribution in [0.1, 0.15) is 18.7 Å². The molecule has 0 saturated carbocycles. The number of halogens is 1. The summed E-state index contributed by atoms with van der Waals surface area (Å²) in [5.74, 6) is 0.438. The summed E-state index contributed by atoms with van der Waals surface area (Å²) in [7, 11) is 1.63. The number of hydrogen-bond acceptors (Lipinski definition) is 5. The van der Waals surface area contributed by atoms with Crippen molar-refractivity contribution in [1.29, 1.82) is 0 Å². The van der Waals surface area contributed by atoms with Crippen molar-refractivity contribution in [3.8, 4) is 0 Å². The second-order valence-electron chi connectivity index (χ2n) is 3.17. The Bertz CT molecular complexity index is 309. The fraction of sp³-hybridized carbons (Fsp3) is 0.750. The Morgan fingerprint density at radius 3 is 2.57 bits per heavy atom. The van der Waals surface area contributed by atoms with Crippen LogP contribution in [0.5, 0.6) is 0 Å². The van der Waals surface area contributed by atoms with Crippen LogP contribution in [0.15, 0.2) is 4.42 Å². The molecule has 0 bridgehead atoms. The molecule has 0 aromatic carbocycles. The molecule has 1 aliphatic heterocycles. The lowest BCUT2D eigenvalue weighted by Gasteiger charge is -2.32. The highest BCUT2D eigenvalue weighted by Crippen LogP contribution is 2.34. The maximum atomic E-state index is 5.57. The average Bonchev–Trinajstić information content (AvgIpc) is 2.66. The SMILES string of the molecule is COC1(c2nnc(Cl)o2)CCOCC1. The van der Waals surface area contributed by atoms with Crippen molar-refractivity contribution in [2.24, 2.45) is 0 Å². The maximum Gasteiger partial charge on any atom is 0.312 e. The number of ether oxygens (including phenoxy) is 2. The molecule has 2 rings (SSSR count). The second-order valence-corrected chi connectivity index (χ2v) is 3.49. The highest BCUT2D eigenvalue weighted by Gasteiger charge is 2.39. The largest absolute Gasteiger partial charge is 0.409 e. The summed E-state index contributed by atoms with van der Waals surface area (Å²) in [6.45, 7) is 1.27. The average molecular weight is 219 g/mol. The van der Waals surface area contributed by atoms with Gasteiger partial charge in [-0.2, -0.15) is 0 Å². The molecular weight excluding hydrogens is 208 g/mol. The van der Waals surface area contributed by atoms with Gasteiger partial charge in [0.05, 0.1) is 0 Å². The molecule has 14 heavy (non-hydrogen) atoms. The van der Waals surface area contributed by atoms with Crippen LogP contribution < -0.4 is 0 Å². The van der Waals surface area contributed by atoms with Gasteiger partial charge >= 0.3 is 5.35 Å². The predicted molar refractivity (Wildman–Crippen MR) is 48.0 cm³/mol. The van der Waals surface area contributed by atoms with Crippen LogP contribution in [0.3, 0.4) is 0 Å². The minimum atomic E-state index is -0.515. The zero-order valence-electron chi connectivity index (χ0n) is 7.83. The summed E-state index contributed by atoms with van der Waals surface area (Å²) >= 11 is 5.57. The van der Waals surface area contributed by atoms with Gasteiger partial charge in [0.2, 0.25) is 5.89 Å². The van der Waals surface area contributed by atoms with E-state index in [0.717, 1.165) is 0 Å². The lowest BCUT2D eigenvalue weighted by Crippen LogP contribution is -2.35. The molecule has 1 saturated heterocycles. The summed E-state index contributed by atoms with van der Waals surface area (Å²) in [5.41, 5.74) is -0.515.